The van der Waals surface area contributed by atoms with E-state index in [9.17, 15) is 10.2 Å². The van der Waals surface area contributed by atoms with E-state index in [1.807, 2.05) is 52.8 Å². The van der Waals surface area contributed by atoms with Gasteiger partial charge in [0.15, 0.2) is 0 Å². The van der Waals surface area contributed by atoms with Crippen LogP contribution in [0.1, 0.15) is 50.3 Å². The number of nitrogens with zero attached hydrogens (tertiary/aromatic N) is 1. The molecule has 4 N–H and O–H groups in total. The summed E-state index contributed by atoms with van der Waals surface area (Å²) in [6.07, 6.45) is 0. The normalized spacial score (nSPS) is 13.9. The molecule has 0 amide bonds. The third kappa shape index (κ3) is 7.79. The molecule has 0 bridgehead atoms. The topological polar surface area (TPSA) is 79.0 Å². The molecule has 3 rings (SSSR count). The number of phenolic OH excluding ortho intramolecular Hbond substituents is 2. The summed E-state index contributed by atoms with van der Waals surface area (Å²) in [5.74, 6) is 0.606. The highest BCUT2D eigenvalue weighted by Crippen LogP contribution is 2.31. The second-order valence-electron chi connectivity index (χ2n) is 6.98. The van der Waals surface area contributed by atoms with E-state index in [1.165, 1.54) is 11.6 Å². The minimum Gasteiger partial charge on any atom is -0.508 e. The number of anilines is 1. The van der Waals surface area contributed by atoms with E-state index in [4.69, 9.17) is 10.5 Å². The van der Waals surface area contributed by atoms with Crippen molar-refractivity contribution in [3.05, 3.63) is 53.1 Å². The van der Waals surface area contributed by atoms with Crippen LogP contribution in [0, 0.1) is 6.92 Å². The molecule has 0 saturated carbocycles. The number of rotatable bonds is 3. The molecule has 28 heavy (non-hydrogen) atoms. The summed E-state index contributed by atoms with van der Waals surface area (Å²) in [7, 11) is 0. The molecule has 1 saturated heterocycles. The van der Waals surface area contributed by atoms with Gasteiger partial charge in [0.1, 0.15) is 11.5 Å². The standard InChI is InChI=1S/C11H16N2O.C10H14O2.C2H6/c12-11-3-1-10(2-4-11)9-13-5-7-14-8-6-13;1-6(2)8-4-7(3)9(11)5-10(8)12;1-2/h1-4H,5-9,12H2;4-6,11-12H,1-3H3;1-2H3. The van der Waals surface area contributed by atoms with Gasteiger partial charge in [-0.25, -0.2) is 0 Å². The Hall–Kier alpha value is -2.24. The highest BCUT2D eigenvalue weighted by Gasteiger charge is 2.10. The Morgan fingerprint density at radius 3 is 2.11 bits per heavy atom. The highest BCUT2D eigenvalue weighted by molar-refractivity contribution is 5.45. The van der Waals surface area contributed by atoms with Crippen LogP contribution in [-0.2, 0) is 11.3 Å². The lowest BCUT2D eigenvalue weighted by molar-refractivity contribution is 0.0342. The minimum absolute atomic E-state index is 0.150. The molecule has 0 aliphatic carbocycles. The van der Waals surface area contributed by atoms with Crippen molar-refractivity contribution < 1.29 is 14.9 Å². The molecule has 5 heteroatoms. The number of aromatic hydroxyl groups is 2. The Bertz CT molecular complexity index is 694. The first kappa shape index (κ1) is 23.8. The van der Waals surface area contributed by atoms with Gasteiger partial charge in [0.05, 0.1) is 13.2 Å². The van der Waals surface area contributed by atoms with E-state index in [-0.39, 0.29) is 17.4 Å². The fraction of sp³-hybridized carbons (Fsp3) is 0.478. The van der Waals surface area contributed by atoms with Crippen LogP contribution in [0.25, 0.3) is 0 Å². The summed E-state index contributed by atoms with van der Waals surface area (Å²) in [5, 5.41) is 18.7. The first-order valence-corrected chi connectivity index (χ1v) is 10.0. The lowest BCUT2D eigenvalue weighted by Gasteiger charge is -2.26. The van der Waals surface area contributed by atoms with Crippen LogP contribution in [0.2, 0.25) is 0 Å². The number of hydrogen-bond acceptors (Lipinski definition) is 5. The van der Waals surface area contributed by atoms with Crippen LogP contribution in [0.15, 0.2) is 36.4 Å². The third-order valence-corrected chi connectivity index (χ3v) is 4.46. The number of nitrogens with two attached hydrogens (primary N) is 1. The molecular formula is C23H36N2O3. The van der Waals surface area contributed by atoms with E-state index < -0.39 is 0 Å². The van der Waals surface area contributed by atoms with E-state index in [2.05, 4.69) is 17.0 Å². The lowest BCUT2D eigenvalue weighted by atomic mass is 9.99. The number of nitrogen functional groups attached to an aromatic ring is 1. The quantitative estimate of drug-likeness (QED) is 0.667. The van der Waals surface area contributed by atoms with Gasteiger partial charge in [0, 0.05) is 31.4 Å². The molecule has 2 aromatic rings. The Labute approximate surface area is 169 Å². The molecule has 2 aromatic carbocycles. The van der Waals surface area contributed by atoms with Gasteiger partial charge in [-0.15, -0.1) is 0 Å². The molecular weight excluding hydrogens is 352 g/mol. The third-order valence-electron chi connectivity index (χ3n) is 4.46. The predicted molar refractivity (Wildman–Crippen MR) is 117 cm³/mol. The molecule has 0 radical (unpaired) electrons. The van der Waals surface area contributed by atoms with E-state index in [1.54, 1.807) is 0 Å². The SMILES string of the molecule is CC.Cc1cc(C(C)C)c(O)cc1O.Nc1ccc(CN2CCOCC2)cc1. The number of benzene rings is 2. The molecule has 156 valence electrons. The summed E-state index contributed by atoms with van der Waals surface area (Å²) < 4.78 is 5.29. The van der Waals surface area contributed by atoms with E-state index >= 15 is 0 Å². The van der Waals surface area contributed by atoms with Gasteiger partial charge in [0.2, 0.25) is 0 Å². The first-order chi connectivity index (χ1) is 13.4. The van der Waals surface area contributed by atoms with Crippen LogP contribution < -0.4 is 5.73 Å². The van der Waals surface area contributed by atoms with Crippen molar-refractivity contribution in [2.75, 3.05) is 32.0 Å². The van der Waals surface area contributed by atoms with Gasteiger partial charge in [-0.1, -0.05) is 39.8 Å². The van der Waals surface area contributed by atoms with Crippen molar-refractivity contribution in [3.63, 3.8) is 0 Å². The molecule has 0 spiro atoms. The van der Waals surface area contributed by atoms with Crippen LogP contribution in [0.4, 0.5) is 5.69 Å². The maximum atomic E-state index is 9.43. The average Bonchev–Trinajstić information content (AvgIpc) is 2.69. The summed E-state index contributed by atoms with van der Waals surface area (Å²) in [6, 6.07) is 11.3. The second-order valence-corrected chi connectivity index (χ2v) is 6.98. The number of hydrogen-bond donors (Lipinski definition) is 3. The van der Waals surface area contributed by atoms with Crippen molar-refractivity contribution >= 4 is 5.69 Å². The van der Waals surface area contributed by atoms with Crippen molar-refractivity contribution in [2.45, 2.75) is 47.1 Å². The second kappa shape index (κ2) is 12.3. The molecule has 1 aliphatic heterocycles. The number of aryl methyl sites for hydroxylation is 1. The van der Waals surface area contributed by atoms with Crippen molar-refractivity contribution in [2.24, 2.45) is 0 Å². The fourth-order valence-electron chi connectivity index (χ4n) is 2.81. The summed E-state index contributed by atoms with van der Waals surface area (Å²) in [6.45, 7) is 14.6. The minimum atomic E-state index is 0.150. The molecule has 5 nitrogen and oxygen atoms in total. The maximum absolute atomic E-state index is 9.43. The fourth-order valence-corrected chi connectivity index (χ4v) is 2.81. The zero-order valence-corrected chi connectivity index (χ0v) is 17.9. The molecule has 1 heterocycles. The lowest BCUT2D eigenvalue weighted by Crippen LogP contribution is -2.35. The van der Waals surface area contributed by atoms with Gasteiger partial charge >= 0.3 is 0 Å². The summed E-state index contributed by atoms with van der Waals surface area (Å²) >= 11 is 0. The Balaban J connectivity index is 0.000000260. The van der Waals surface area contributed by atoms with Gasteiger partial charge in [-0.2, -0.15) is 0 Å². The number of ether oxygens (including phenoxy) is 1. The van der Waals surface area contributed by atoms with Crippen LogP contribution in [-0.4, -0.2) is 41.4 Å². The molecule has 1 fully saturated rings. The van der Waals surface area contributed by atoms with Gasteiger partial charge in [0.25, 0.3) is 0 Å². The molecule has 1 aliphatic rings. The number of phenols is 2. The van der Waals surface area contributed by atoms with E-state index in [0.717, 1.165) is 49.7 Å². The van der Waals surface area contributed by atoms with Crippen molar-refractivity contribution in [3.8, 4) is 11.5 Å². The molecule has 0 aromatic heterocycles. The highest BCUT2D eigenvalue weighted by atomic mass is 16.5. The largest absolute Gasteiger partial charge is 0.508 e. The monoisotopic (exact) mass is 388 g/mol. The first-order valence-electron chi connectivity index (χ1n) is 10.0. The molecule has 0 atom stereocenters. The zero-order valence-electron chi connectivity index (χ0n) is 17.9. The molecule has 0 unspecified atom stereocenters. The predicted octanol–water partition coefficient (Wildman–Crippen LogP) is 4.66. The van der Waals surface area contributed by atoms with Crippen LogP contribution >= 0.6 is 0 Å². The smallest absolute Gasteiger partial charge is 0.122 e. The zero-order chi connectivity index (χ0) is 21.1. The van der Waals surface area contributed by atoms with Crippen LogP contribution in [0.5, 0.6) is 11.5 Å². The summed E-state index contributed by atoms with van der Waals surface area (Å²) in [4.78, 5) is 2.40. The van der Waals surface area contributed by atoms with Crippen LogP contribution in [0.3, 0.4) is 0 Å². The average molecular weight is 389 g/mol. The number of morpholine rings is 1. The Morgan fingerprint density at radius 2 is 1.57 bits per heavy atom. The van der Waals surface area contributed by atoms with Crippen molar-refractivity contribution in [1.82, 2.24) is 4.90 Å². The van der Waals surface area contributed by atoms with Crippen molar-refractivity contribution in [1.29, 1.82) is 0 Å². The van der Waals surface area contributed by atoms with Gasteiger partial charge in [-0.3, -0.25) is 4.90 Å². The van der Waals surface area contributed by atoms with Gasteiger partial charge in [-0.05, 0) is 47.7 Å². The Kier molecular flexibility index (Phi) is 10.4. The summed E-state index contributed by atoms with van der Waals surface area (Å²) in [5.41, 5.74) is 9.46. The maximum Gasteiger partial charge on any atom is 0.122 e. The van der Waals surface area contributed by atoms with E-state index in [0.29, 0.717) is 0 Å². The Morgan fingerprint density at radius 1 is 1.00 bits per heavy atom. The van der Waals surface area contributed by atoms with Gasteiger partial charge < -0.3 is 20.7 Å².